The average molecular weight is 641 g/mol. The topological polar surface area (TPSA) is 204 Å². The third-order valence-corrected chi connectivity index (χ3v) is 10.2. The highest BCUT2D eigenvalue weighted by Crippen LogP contribution is 2.49. The molecule has 3 heterocycles. The molecule has 6 rings (SSSR count). The normalized spacial score (nSPS) is 27.4. The lowest BCUT2D eigenvalue weighted by molar-refractivity contribution is -0.148. The number of anilines is 1. The number of hydrogen-bond acceptors (Lipinski definition) is 12. The van der Waals surface area contributed by atoms with Crippen LogP contribution in [0, 0.1) is 23.2 Å². The van der Waals surface area contributed by atoms with Crippen molar-refractivity contribution in [1.29, 1.82) is 5.26 Å². The van der Waals surface area contributed by atoms with Crippen molar-refractivity contribution in [3.05, 3.63) is 54.5 Å². The van der Waals surface area contributed by atoms with E-state index in [1.54, 1.807) is 42.5 Å². The molecule has 1 saturated heterocycles. The first-order valence-electron chi connectivity index (χ1n) is 15.2. The van der Waals surface area contributed by atoms with Crippen LogP contribution in [0.2, 0.25) is 0 Å². The Morgan fingerprint density at radius 3 is 2.64 bits per heavy atom. The number of aromatic nitrogens is 3. The van der Waals surface area contributed by atoms with E-state index in [0.717, 1.165) is 44.9 Å². The number of nitrogen functional groups attached to an aromatic ring is 1. The number of rotatable bonds is 12. The minimum Gasteiger partial charge on any atom is -0.464 e. The molecule has 3 aromatic rings. The largest absolute Gasteiger partial charge is 0.464 e. The Balaban J connectivity index is 1.26. The number of hydrogen-bond donors (Lipinski definition) is 4. The smallest absolute Gasteiger partial charge is 0.459 e. The van der Waals surface area contributed by atoms with Gasteiger partial charge in [-0.3, -0.25) is 9.32 Å². The van der Waals surface area contributed by atoms with Gasteiger partial charge in [0.05, 0.1) is 12.3 Å². The number of fused-ring (bicyclic) bond motifs is 1. The fraction of sp³-hybridized carbons (Fsp3) is 0.533. The highest BCUT2D eigenvalue weighted by Gasteiger charge is 2.57. The number of carbonyl (C=O) groups excluding carboxylic acids is 1. The summed E-state index contributed by atoms with van der Waals surface area (Å²) in [5.74, 6) is -0.00847. The Morgan fingerprint density at radius 2 is 1.93 bits per heavy atom. The summed E-state index contributed by atoms with van der Waals surface area (Å²) in [7, 11) is -4.45. The molecule has 2 saturated carbocycles. The van der Waals surface area contributed by atoms with Crippen LogP contribution in [0.3, 0.4) is 0 Å². The average Bonchev–Trinajstić information content (AvgIpc) is 3.74. The number of aliphatic hydroxyl groups is 2. The summed E-state index contributed by atoms with van der Waals surface area (Å²) in [6.07, 6.45) is 2.93. The van der Waals surface area contributed by atoms with E-state index in [0.29, 0.717) is 17.1 Å². The molecule has 0 bridgehead atoms. The standard InChI is InChI=1S/C30H37N6O8P/c31-16-30(27(38)25(37)26(43-30)22-13-14-23-28(32)33-18-34-36(22)23)17-42-45(40,44-21-9-5-2-6-10-21)35-24(20-7-3-1-4-8-20)29(39)41-15-19-11-12-19/h2,5-6,9-10,13-14,18-20,24-27,37-38H,1,3-4,7-8,11-12,15,17H2,(H,35,40)(H2,32,33,34)/t24-,25-,26-,27-,30+,45?/m0/s1. The van der Waals surface area contributed by atoms with Crippen molar-refractivity contribution in [3.8, 4) is 11.8 Å². The molecule has 2 aromatic heterocycles. The predicted molar refractivity (Wildman–Crippen MR) is 159 cm³/mol. The van der Waals surface area contributed by atoms with E-state index in [1.807, 2.05) is 6.07 Å². The Hall–Kier alpha value is -3.57. The van der Waals surface area contributed by atoms with Crippen LogP contribution in [-0.2, 0) is 23.4 Å². The molecule has 14 nitrogen and oxygen atoms in total. The molecule has 3 aliphatic rings. The number of esters is 1. The quantitative estimate of drug-likeness (QED) is 0.166. The summed E-state index contributed by atoms with van der Waals surface area (Å²) in [5.41, 5.74) is 4.51. The molecular formula is C30H37N6O8P. The lowest BCUT2D eigenvalue weighted by Gasteiger charge is -2.33. The highest BCUT2D eigenvalue weighted by atomic mass is 31.2. The fourth-order valence-corrected chi connectivity index (χ4v) is 7.53. The minimum atomic E-state index is -4.45. The van der Waals surface area contributed by atoms with Crippen LogP contribution in [0.5, 0.6) is 5.75 Å². The fourth-order valence-electron chi connectivity index (χ4n) is 5.93. The maximum atomic E-state index is 14.5. The van der Waals surface area contributed by atoms with Gasteiger partial charge in [-0.1, -0.05) is 37.5 Å². The van der Waals surface area contributed by atoms with Crippen LogP contribution in [-0.4, -0.2) is 67.8 Å². The molecule has 1 aliphatic heterocycles. The van der Waals surface area contributed by atoms with Gasteiger partial charge >= 0.3 is 13.7 Å². The van der Waals surface area contributed by atoms with Crippen LogP contribution < -0.4 is 15.3 Å². The lowest BCUT2D eigenvalue weighted by atomic mass is 9.84. The number of nitrogens with zero attached hydrogens (tertiary/aromatic N) is 4. The summed E-state index contributed by atoms with van der Waals surface area (Å²) >= 11 is 0. The third kappa shape index (κ3) is 6.70. The van der Waals surface area contributed by atoms with Crippen molar-refractivity contribution in [2.75, 3.05) is 18.9 Å². The van der Waals surface area contributed by atoms with Crippen molar-refractivity contribution in [3.63, 3.8) is 0 Å². The summed E-state index contributed by atoms with van der Waals surface area (Å²) in [6, 6.07) is 12.4. The molecular weight excluding hydrogens is 603 g/mol. The zero-order valence-electron chi connectivity index (χ0n) is 24.6. The molecule has 0 radical (unpaired) electrons. The number of benzene rings is 1. The van der Waals surface area contributed by atoms with Gasteiger partial charge in [-0.2, -0.15) is 15.4 Å². The van der Waals surface area contributed by atoms with Crippen LogP contribution >= 0.6 is 7.75 Å². The van der Waals surface area contributed by atoms with Crippen LogP contribution in [0.15, 0.2) is 48.8 Å². The molecule has 6 atom stereocenters. The molecule has 0 amide bonds. The van der Waals surface area contributed by atoms with E-state index < -0.39 is 50.3 Å². The number of ether oxygens (including phenoxy) is 2. The molecule has 1 aromatic carbocycles. The van der Waals surface area contributed by atoms with Gasteiger partial charge in [-0.15, -0.1) is 0 Å². The predicted octanol–water partition coefficient (Wildman–Crippen LogP) is 3.06. The lowest BCUT2D eigenvalue weighted by Crippen LogP contribution is -2.47. The third-order valence-electron chi connectivity index (χ3n) is 8.69. The molecule has 3 fully saturated rings. The van der Waals surface area contributed by atoms with E-state index in [9.17, 15) is 24.8 Å². The number of carbonyl (C=O) groups is 1. The summed E-state index contributed by atoms with van der Waals surface area (Å²) in [5, 5.41) is 39.4. The summed E-state index contributed by atoms with van der Waals surface area (Å²) in [4.78, 5) is 17.3. The van der Waals surface area contributed by atoms with Gasteiger partial charge < -0.3 is 29.9 Å². The Kier molecular flexibility index (Phi) is 9.10. The number of aliphatic hydroxyl groups excluding tert-OH is 2. The monoisotopic (exact) mass is 640 g/mol. The van der Waals surface area contributed by atoms with Gasteiger partial charge in [0.25, 0.3) is 0 Å². The van der Waals surface area contributed by atoms with Gasteiger partial charge in [-0.05, 0) is 61.8 Å². The number of nitriles is 1. The van der Waals surface area contributed by atoms with E-state index in [4.69, 9.17) is 24.3 Å². The zero-order chi connectivity index (χ0) is 31.6. The molecule has 5 N–H and O–H groups in total. The van der Waals surface area contributed by atoms with Gasteiger partial charge in [0.1, 0.15) is 54.6 Å². The van der Waals surface area contributed by atoms with Crippen LogP contribution in [0.25, 0.3) is 5.52 Å². The highest BCUT2D eigenvalue weighted by molar-refractivity contribution is 7.52. The molecule has 1 unspecified atom stereocenters. The van der Waals surface area contributed by atoms with E-state index in [-0.39, 0.29) is 24.1 Å². The Labute approximate surface area is 260 Å². The second-order valence-electron chi connectivity index (χ2n) is 11.9. The molecule has 2 aliphatic carbocycles. The SMILES string of the molecule is N#C[C@]1(COP(=O)(N[C@H](C(=O)OCC2CC2)C2CCCCC2)Oc2ccccc2)O[C@@H](c2ccc3c(N)ncnn23)[C@H](O)[C@@H]1O. The van der Waals surface area contributed by atoms with Gasteiger partial charge in [-0.25, -0.2) is 14.1 Å². The zero-order valence-corrected chi connectivity index (χ0v) is 25.5. The van der Waals surface area contributed by atoms with Crippen molar-refractivity contribution in [2.45, 2.75) is 74.9 Å². The Morgan fingerprint density at radius 1 is 1.18 bits per heavy atom. The molecule has 45 heavy (non-hydrogen) atoms. The first kappa shape index (κ1) is 31.4. The number of nitrogens with two attached hydrogens (primary N) is 1. The van der Waals surface area contributed by atoms with E-state index in [2.05, 4.69) is 15.2 Å². The summed E-state index contributed by atoms with van der Waals surface area (Å²) < 4.78 is 39.2. The number of para-hydroxylation sites is 1. The van der Waals surface area contributed by atoms with Crippen LogP contribution in [0.4, 0.5) is 5.82 Å². The first-order chi connectivity index (χ1) is 21.7. The summed E-state index contributed by atoms with van der Waals surface area (Å²) in [6.45, 7) is -0.486. The van der Waals surface area contributed by atoms with Crippen molar-refractivity contribution < 1.29 is 38.1 Å². The van der Waals surface area contributed by atoms with E-state index >= 15 is 0 Å². The minimum absolute atomic E-state index is 0.178. The second kappa shape index (κ2) is 13.0. The van der Waals surface area contributed by atoms with Gasteiger partial charge in [0.2, 0.25) is 5.60 Å². The number of nitrogens with one attached hydrogen (secondary N) is 1. The molecule has 0 spiro atoms. The van der Waals surface area contributed by atoms with E-state index in [1.165, 1.54) is 10.8 Å². The van der Waals surface area contributed by atoms with Gasteiger partial charge in [0, 0.05) is 0 Å². The van der Waals surface area contributed by atoms with Crippen LogP contribution in [0.1, 0.15) is 56.7 Å². The van der Waals surface area contributed by atoms with Crippen molar-refractivity contribution in [1.82, 2.24) is 19.7 Å². The second-order valence-corrected chi connectivity index (χ2v) is 13.6. The van der Waals surface area contributed by atoms with Crippen molar-refractivity contribution >= 4 is 25.1 Å². The molecule has 240 valence electrons. The van der Waals surface area contributed by atoms with Gasteiger partial charge in [0.15, 0.2) is 5.82 Å². The molecule has 15 heteroatoms. The first-order valence-corrected chi connectivity index (χ1v) is 16.7. The van der Waals surface area contributed by atoms with Crippen molar-refractivity contribution in [2.24, 2.45) is 11.8 Å². The maximum Gasteiger partial charge on any atom is 0.459 e. The maximum absolute atomic E-state index is 14.5. The Bertz CT molecular complexity index is 1590.